The van der Waals surface area contributed by atoms with E-state index in [2.05, 4.69) is 16.7 Å². The van der Waals surface area contributed by atoms with Crippen molar-refractivity contribution in [1.29, 1.82) is 0 Å². The first-order chi connectivity index (χ1) is 19.0. The van der Waals surface area contributed by atoms with E-state index in [0.717, 1.165) is 29.8 Å². The van der Waals surface area contributed by atoms with Crippen LogP contribution in [0.1, 0.15) is 37.7 Å². The first-order valence-corrected chi connectivity index (χ1v) is 14.3. The van der Waals surface area contributed by atoms with Crippen LogP contribution in [0.15, 0.2) is 54.6 Å². The van der Waals surface area contributed by atoms with Gasteiger partial charge in [-0.25, -0.2) is 9.59 Å². The molecule has 2 saturated heterocycles. The molecule has 0 bridgehead atoms. The number of amides is 4. The molecule has 3 aliphatic heterocycles. The molecule has 9 heteroatoms. The highest BCUT2D eigenvalue weighted by atomic mass is 16.7. The number of carbonyl (C=O) groups excluding carboxylic acids is 3. The number of carbonyl (C=O) groups is 3. The lowest BCUT2D eigenvalue weighted by Crippen LogP contribution is -2.55. The van der Waals surface area contributed by atoms with Crippen LogP contribution in [0.5, 0.6) is 0 Å². The standard InChI is InChI=1S/C30H37N5O4/c36-28-23(18-21-10-11-21)19-35(25-7-2-1-3-8-25)39-20-27(28)32-29(37)33-15-13-24(14-16-33)34-17-12-22-6-4-5-9-26(22)31-30(34)38/h1-9,21,23-24,27H,10-20H2,(H,31,38)(H,32,37)/t23?,27-/m1/s1. The van der Waals surface area contributed by atoms with Gasteiger partial charge in [0, 0.05) is 37.3 Å². The third-order valence-corrected chi connectivity index (χ3v) is 8.52. The molecule has 1 aliphatic carbocycles. The van der Waals surface area contributed by atoms with Crippen molar-refractivity contribution >= 4 is 29.2 Å². The fraction of sp³-hybridized carbons (Fsp3) is 0.500. The summed E-state index contributed by atoms with van der Waals surface area (Å²) in [6.45, 7) is 2.35. The number of likely N-dealkylation sites (tertiary alicyclic amines) is 1. The van der Waals surface area contributed by atoms with Crippen LogP contribution < -0.4 is 15.7 Å². The lowest BCUT2D eigenvalue weighted by atomic mass is 9.93. The maximum Gasteiger partial charge on any atom is 0.322 e. The molecule has 4 amide bonds. The highest BCUT2D eigenvalue weighted by Gasteiger charge is 2.39. The minimum Gasteiger partial charge on any atom is -0.326 e. The molecule has 206 valence electrons. The number of fused-ring (bicyclic) bond motifs is 1. The van der Waals surface area contributed by atoms with Gasteiger partial charge in [0.25, 0.3) is 0 Å². The third-order valence-electron chi connectivity index (χ3n) is 8.52. The first-order valence-electron chi connectivity index (χ1n) is 14.3. The lowest BCUT2D eigenvalue weighted by Gasteiger charge is -2.38. The van der Waals surface area contributed by atoms with Crippen LogP contribution in [0, 0.1) is 11.8 Å². The van der Waals surface area contributed by atoms with Crippen molar-refractivity contribution in [2.24, 2.45) is 11.8 Å². The Kier molecular flexibility index (Phi) is 7.41. The number of Topliss-reactive ketones (excluding diaryl/α,β-unsaturated/α-hetero) is 1. The number of anilines is 2. The maximum atomic E-state index is 13.5. The third kappa shape index (κ3) is 5.88. The van der Waals surface area contributed by atoms with Gasteiger partial charge in [-0.2, -0.15) is 0 Å². The van der Waals surface area contributed by atoms with E-state index >= 15 is 0 Å². The smallest absolute Gasteiger partial charge is 0.322 e. The van der Waals surface area contributed by atoms with E-state index in [0.29, 0.717) is 44.9 Å². The van der Waals surface area contributed by atoms with E-state index in [4.69, 9.17) is 4.84 Å². The fourth-order valence-corrected chi connectivity index (χ4v) is 6.07. The number of piperidine rings is 1. The van der Waals surface area contributed by atoms with E-state index < -0.39 is 6.04 Å². The number of nitrogens with one attached hydrogen (secondary N) is 2. The van der Waals surface area contributed by atoms with Gasteiger partial charge in [0.15, 0.2) is 5.78 Å². The normalized spacial score (nSPS) is 24.5. The molecule has 2 aromatic carbocycles. The average Bonchev–Trinajstić information content (AvgIpc) is 3.81. The quantitative estimate of drug-likeness (QED) is 0.607. The van der Waals surface area contributed by atoms with E-state index in [9.17, 15) is 14.4 Å². The number of ketones is 1. The summed E-state index contributed by atoms with van der Waals surface area (Å²) in [5.41, 5.74) is 2.94. The molecule has 39 heavy (non-hydrogen) atoms. The van der Waals surface area contributed by atoms with Gasteiger partial charge in [0.2, 0.25) is 0 Å². The van der Waals surface area contributed by atoms with Crippen LogP contribution in [0.4, 0.5) is 21.0 Å². The number of benzene rings is 2. The molecule has 1 saturated carbocycles. The Labute approximate surface area is 229 Å². The van der Waals surface area contributed by atoms with Gasteiger partial charge < -0.3 is 20.4 Å². The number of rotatable bonds is 5. The first kappa shape index (κ1) is 25.7. The van der Waals surface area contributed by atoms with Crippen LogP contribution in [-0.4, -0.2) is 72.5 Å². The molecule has 4 aliphatic rings. The summed E-state index contributed by atoms with van der Waals surface area (Å²) in [7, 11) is 0. The van der Waals surface area contributed by atoms with Crippen molar-refractivity contribution in [1.82, 2.24) is 15.1 Å². The number of hydrogen-bond donors (Lipinski definition) is 2. The SMILES string of the molecule is O=C1C(CC2CC2)CN(c2ccccc2)OC[C@H]1NC(=O)N1CCC(N2CCc3ccccc3NC2=O)CC1. The average molecular weight is 532 g/mol. The molecule has 0 aromatic heterocycles. The second-order valence-corrected chi connectivity index (χ2v) is 11.2. The molecule has 6 rings (SSSR count). The van der Waals surface area contributed by atoms with Crippen LogP contribution in [0.25, 0.3) is 0 Å². The number of hydrogen-bond acceptors (Lipinski definition) is 5. The summed E-state index contributed by atoms with van der Waals surface area (Å²) < 4.78 is 0. The Morgan fingerprint density at radius 3 is 2.46 bits per heavy atom. The van der Waals surface area contributed by atoms with Crippen molar-refractivity contribution in [3.63, 3.8) is 0 Å². The fourth-order valence-electron chi connectivity index (χ4n) is 6.07. The molecule has 3 heterocycles. The summed E-state index contributed by atoms with van der Waals surface area (Å²) in [4.78, 5) is 49.5. The predicted octanol–water partition coefficient (Wildman–Crippen LogP) is 4.06. The number of hydroxylamine groups is 1. The number of urea groups is 2. The summed E-state index contributed by atoms with van der Waals surface area (Å²) in [5, 5.41) is 7.85. The largest absolute Gasteiger partial charge is 0.326 e. The van der Waals surface area contributed by atoms with E-state index in [1.807, 2.05) is 58.5 Å². The number of para-hydroxylation sites is 2. The van der Waals surface area contributed by atoms with E-state index in [1.54, 1.807) is 4.90 Å². The molecular formula is C30H37N5O4. The predicted molar refractivity (Wildman–Crippen MR) is 148 cm³/mol. The van der Waals surface area contributed by atoms with Gasteiger partial charge in [-0.15, -0.1) is 0 Å². The van der Waals surface area contributed by atoms with Crippen molar-refractivity contribution in [2.75, 3.05) is 43.2 Å². The van der Waals surface area contributed by atoms with Gasteiger partial charge in [0.1, 0.15) is 12.6 Å². The molecule has 2 aromatic rings. The topological polar surface area (TPSA) is 94.2 Å². The van der Waals surface area contributed by atoms with Gasteiger partial charge in [-0.3, -0.25) is 14.7 Å². The minimum absolute atomic E-state index is 0.0596. The van der Waals surface area contributed by atoms with Crippen LogP contribution in [0.3, 0.4) is 0 Å². The van der Waals surface area contributed by atoms with Crippen LogP contribution in [0.2, 0.25) is 0 Å². The Balaban J connectivity index is 1.05. The van der Waals surface area contributed by atoms with Crippen molar-refractivity contribution < 1.29 is 19.2 Å². The zero-order chi connectivity index (χ0) is 26.8. The van der Waals surface area contributed by atoms with Crippen molar-refractivity contribution in [2.45, 2.75) is 50.6 Å². The summed E-state index contributed by atoms with van der Waals surface area (Å²) in [6.07, 6.45) is 5.40. The zero-order valence-corrected chi connectivity index (χ0v) is 22.3. The van der Waals surface area contributed by atoms with E-state index in [-0.39, 0.29) is 36.4 Å². The Bertz CT molecular complexity index is 1190. The minimum atomic E-state index is -0.678. The highest BCUT2D eigenvalue weighted by molar-refractivity contribution is 5.92. The Morgan fingerprint density at radius 2 is 1.69 bits per heavy atom. The van der Waals surface area contributed by atoms with Crippen molar-refractivity contribution in [3.8, 4) is 0 Å². The second kappa shape index (κ2) is 11.3. The van der Waals surface area contributed by atoms with Gasteiger partial charge in [-0.05, 0) is 55.4 Å². The Hall–Kier alpha value is -3.59. The van der Waals surface area contributed by atoms with E-state index in [1.165, 1.54) is 12.8 Å². The number of nitrogens with zero attached hydrogens (tertiary/aromatic N) is 3. The second-order valence-electron chi connectivity index (χ2n) is 11.2. The maximum absolute atomic E-state index is 13.5. The summed E-state index contributed by atoms with van der Waals surface area (Å²) in [5.74, 6) is 0.473. The molecule has 2 N–H and O–H groups in total. The zero-order valence-electron chi connectivity index (χ0n) is 22.3. The molecule has 3 fully saturated rings. The van der Waals surface area contributed by atoms with Gasteiger partial charge in [-0.1, -0.05) is 49.2 Å². The van der Waals surface area contributed by atoms with Crippen molar-refractivity contribution in [3.05, 3.63) is 60.2 Å². The monoisotopic (exact) mass is 531 g/mol. The molecule has 1 unspecified atom stereocenters. The Morgan fingerprint density at radius 1 is 0.949 bits per heavy atom. The molecule has 9 nitrogen and oxygen atoms in total. The lowest BCUT2D eigenvalue weighted by molar-refractivity contribution is -0.124. The summed E-state index contributed by atoms with van der Waals surface area (Å²) >= 11 is 0. The van der Waals surface area contributed by atoms with Gasteiger partial charge >= 0.3 is 12.1 Å². The highest BCUT2D eigenvalue weighted by Crippen LogP contribution is 2.37. The van der Waals surface area contributed by atoms with Crippen LogP contribution in [-0.2, 0) is 16.1 Å². The summed E-state index contributed by atoms with van der Waals surface area (Å²) in [6, 6.07) is 16.8. The molecule has 0 radical (unpaired) electrons. The van der Waals surface area contributed by atoms with Gasteiger partial charge in [0.05, 0.1) is 12.2 Å². The molecule has 2 atom stereocenters. The molecule has 0 spiro atoms. The van der Waals surface area contributed by atoms with Crippen LogP contribution >= 0.6 is 0 Å². The molecular weight excluding hydrogens is 494 g/mol.